The van der Waals surface area contributed by atoms with Crippen molar-refractivity contribution in [1.29, 1.82) is 0 Å². The van der Waals surface area contributed by atoms with Crippen LogP contribution < -0.4 is 0 Å². The fourth-order valence-electron chi connectivity index (χ4n) is 9.15. The second-order valence-electron chi connectivity index (χ2n) is 14.9. The Labute approximate surface area is 328 Å². The third-order valence-electron chi connectivity index (χ3n) is 11.7. The van der Waals surface area contributed by atoms with Gasteiger partial charge in [-0.3, -0.25) is 0 Å². The summed E-state index contributed by atoms with van der Waals surface area (Å²) in [5, 5.41) is 7.12. The zero-order valence-corrected chi connectivity index (χ0v) is 30.9. The molecule has 0 aliphatic rings. The molecule has 0 saturated heterocycles. The Morgan fingerprint density at radius 1 is 0.298 bits per heavy atom. The Kier molecular flexibility index (Phi) is 6.93. The normalized spacial score (nSPS) is 11.9. The highest BCUT2D eigenvalue weighted by atomic mass is 16.3. The SMILES string of the molecule is c1ccc(-c2ccccc2-c2cc(-n3c4ccccc4c4cc(-c5ccc6c(c5)c5ccccc5n6-c5ccccc5)ccc43)c3oc4ccccc4c3c2)cc1. The second kappa shape index (κ2) is 12.5. The van der Waals surface area contributed by atoms with Gasteiger partial charge >= 0.3 is 0 Å². The van der Waals surface area contributed by atoms with Gasteiger partial charge in [-0.25, -0.2) is 0 Å². The minimum Gasteiger partial charge on any atom is -0.454 e. The molecule has 0 radical (unpaired) electrons. The molecule has 3 heterocycles. The maximum Gasteiger partial charge on any atom is 0.159 e. The van der Waals surface area contributed by atoms with Crippen molar-refractivity contribution in [3.8, 4) is 44.8 Å². The quantitative estimate of drug-likeness (QED) is 0.173. The first kappa shape index (κ1) is 31.7. The van der Waals surface area contributed by atoms with Gasteiger partial charge in [0.25, 0.3) is 0 Å². The van der Waals surface area contributed by atoms with E-state index in [9.17, 15) is 0 Å². The molecule has 3 nitrogen and oxygen atoms in total. The van der Waals surface area contributed by atoms with E-state index < -0.39 is 0 Å². The Bertz CT molecular complexity index is 3510. The van der Waals surface area contributed by atoms with Crippen LogP contribution in [0.2, 0.25) is 0 Å². The fraction of sp³-hybridized carbons (Fsp3) is 0. The van der Waals surface area contributed by atoms with Crippen LogP contribution in [0.1, 0.15) is 0 Å². The van der Waals surface area contributed by atoms with Crippen LogP contribution in [0.4, 0.5) is 0 Å². The number of fused-ring (bicyclic) bond motifs is 9. The first-order valence-electron chi connectivity index (χ1n) is 19.5. The molecule has 12 rings (SSSR count). The van der Waals surface area contributed by atoms with Crippen molar-refractivity contribution < 1.29 is 4.42 Å². The van der Waals surface area contributed by atoms with Gasteiger partial charge in [0.15, 0.2) is 5.58 Å². The van der Waals surface area contributed by atoms with E-state index in [4.69, 9.17) is 4.42 Å². The lowest BCUT2D eigenvalue weighted by atomic mass is 9.93. The van der Waals surface area contributed by atoms with Gasteiger partial charge in [0, 0.05) is 38.0 Å². The Morgan fingerprint density at radius 3 is 1.47 bits per heavy atom. The van der Waals surface area contributed by atoms with E-state index in [0.29, 0.717) is 0 Å². The van der Waals surface area contributed by atoms with E-state index in [-0.39, 0.29) is 0 Å². The predicted molar refractivity (Wildman–Crippen MR) is 239 cm³/mol. The maximum atomic E-state index is 6.79. The van der Waals surface area contributed by atoms with Crippen molar-refractivity contribution in [3.05, 3.63) is 206 Å². The first-order chi connectivity index (χ1) is 28.3. The van der Waals surface area contributed by atoms with E-state index in [0.717, 1.165) is 49.9 Å². The topological polar surface area (TPSA) is 23.0 Å². The monoisotopic (exact) mass is 726 g/mol. The Morgan fingerprint density at radius 2 is 0.789 bits per heavy atom. The summed E-state index contributed by atoms with van der Waals surface area (Å²) in [5.74, 6) is 0. The van der Waals surface area contributed by atoms with Crippen LogP contribution >= 0.6 is 0 Å². The van der Waals surface area contributed by atoms with Crippen molar-refractivity contribution in [3.63, 3.8) is 0 Å². The highest BCUT2D eigenvalue weighted by Gasteiger charge is 2.21. The van der Waals surface area contributed by atoms with E-state index in [1.54, 1.807) is 0 Å². The molecule has 0 amide bonds. The number of nitrogens with zero attached hydrogens (tertiary/aromatic N) is 2. The molecule has 0 atom stereocenters. The van der Waals surface area contributed by atoms with Crippen LogP contribution in [-0.4, -0.2) is 9.13 Å². The number of aromatic nitrogens is 2. The largest absolute Gasteiger partial charge is 0.454 e. The highest BCUT2D eigenvalue weighted by Crippen LogP contribution is 2.43. The third kappa shape index (κ3) is 4.86. The number of para-hydroxylation sites is 4. The van der Waals surface area contributed by atoms with Crippen molar-refractivity contribution in [1.82, 2.24) is 9.13 Å². The molecule has 0 N–H and O–H groups in total. The molecule has 0 aliphatic heterocycles. The van der Waals surface area contributed by atoms with Crippen molar-refractivity contribution in [2.45, 2.75) is 0 Å². The summed E-state index contributed by atoms with van der Waals surface area (Å²) in [5.41, 5.74) is 15.7. The summed E-state index contributed by atoms with van der Waals surface area (Å²) in [6, 6.07) is 74.4. The van der Waals surface area contributed by atoms with Crippen LogP contribution in [0.5, 0.6) is 0 Å². The first-order valence-corrected chi connectivity index (χ1v) is 19.5. The molecule has 0 bridgehead atoms. The predicted octanol–water partition coefficient (Wildman–Crippen LogP) is 14.8. The summed E-state index contributed by atoms with van der Waals surface area (Å²) < 4.78 is 11.6. The number of hydrogen-bond acceptors (Lipinski definition) is 1. The molecule has 0 fully saturated rings. The van der Waals surface area contributed by atoms with E-state index in [1.165, 1.54) is 60.4 Å². The summed E-state index contributed by atoms with van der Waals surface area (Å²) >= 11 is 0. The van der Waals surface area contributed by atoms with Crippen LogP contribution in [0.25, 0.3) is 110 Å². The minimum absolute atomic E-state index is 0.879. The molecule has 0 spiro atoms. The lowest BCUT2D eigenvalue weighted by molar-refractivity contribution is 0.666. The van der Waals surface area contributed by atoms with Gasteiger partial charge in [0.05, 0.1) is 27.8 Å². The van der Waals surface area contributed by atoms with E-state index in [1.807, 2.05) is 0 Å². The Hall–Kier alpha value is -7.62. The van der Waals surface area contributed by atoms with Gasteiger partial charge in [-0.15, -0.1) is 0 Å². The minimum atomic E-state index is 0.879. The highest BCUT2D eigenvalue weighted by molar-refractivity contribution is 6.15. The van der Waals surface area contributed by atoms with Crippen molar-refractivity contribution in [2.24, 2.45) is 0 Å². The zero-order chi connectivity index (χ0) is 37.5. The molecule has 0 saturated carbocycles. The average Bonchev–Trinajstić information content (AvgIpc) is 3.94. The van der Waals surface area contributed by atoms with E-state index >= 15 is 0 Å². The second-order valence-corrected chi connectivity index (χ2v) is 14.9. The van der Waals surface area contributed by atoms with Crippen LogP contribution in [0.3, 0.4) is 0 Å². The standard InChI is InChI=1S/C54H34N2O/c1-3-15-35(16-4-1)40-19-7-8-20-41(40)38-33-47-44-23-11-14-26-53(44)57-54(47)52(34-38)56-49-25-13-10-22-43(49)46-32-37(28-30-51(46)56)36-27-29-50-45(31-36)42-21-9-12-24-48(42)55(50)39-17-5-2-6-18-39/h1-34H. The summed E-state index contributed by atoms with van der Waals surface area (Å²) in [6.07, 6.45) is 0. The summed E-state index contributed by atoms with van der Waals surface area (Å²) in [6.45, 7) is 0. The summed E-state index contributed by atoms with van der Waals surface area (Å²) in [4.78, 5) is 0. The number of furan rings is 1. The van der Waals surface area contributed by atoms with Crippen molar-refractivity contribution >= 4 is 65.6 Å². The summed E-state index contributed by atoms with van der Waals surface area (Å²) in [7, 11) is 0. The molecule has 266 valence electrons. The maximum absolute atomic E-state index is 6.79. The van der Waals surface area contributed by atoms with E-state index in [2.05, 4.69) is 215 Å². The van der Waals surface area contributed by atoms with Crippen LogP contribution in [-0.2, 0) is 0 Å². The molecule has 3 aromatic heterocycles. The molecule has 57 heavy (non-hydrogen) atoms. The van der Waals surface area contributed by atoms with Crippen LogP contribution in [0, 0.1) is 0 Å². The lowest BCUT2D eigenvalue weighted by Crippen LogP contribution is -1.96. The van der Waals surface area contributed by atoms with Gasteiger partial charge < -0.3 is 13.6 Å². The Balaban J connectivity index is 1.09. The molecular weight excluding hydrogens is 693 g/mol. The number of rotatable bonds is 5. The number of benzene rings is 9. The lowest BCUT2D eigenvalue weighted by Gasteiger charge is -2.14. The van der Waals surface area contributed by atoms with Gasteiger partial charge in [-0.05, 0) is 100 Å². The molecular formula is C54H34N2O. The van der Waals surface area contributed by atoms with Gasteiger partial charge in [-0.1, -0.05) is 140 Å². The molecule has 3 heteroatoms. The average molecular weight is 727 g/mol. The molecule has 9 aromatic carbocycles. The number of hydrogen-bond donors (Lipinski definition) is 0. The zero-order valence-electron chi connectivity index (χ0n) is 30.9. The third-order valence-corrected chi connectivity index (χ3v) is 11.7. The van der Waals surface area contributed by atoms with Crippen molar-refractivity contribution in [2.75, 3.05) is 0 Å². The van der Waals surface area contributed by atoms with Crippen LogP contribution in [0.15, 0.2) is 211 Å². The van der Waals surface area contributed by atoms with Gasteiger partial charge in [-0.2, -0.15) is 0 Å². The van der Waals surface area contributed by atoms with Gasteiger partial charge in [0.1, 0.15) is 5.58 Å². The molecule has 0 aliphatic carbocycles. The smallest absolute Gasteiger partial charge is 0.159 e. The molecule has 12 aromatic rings. The molecule has 0 unspecified atom stereocenters. The van der Waals surface area contributed by atoms with Gasteiger partial charge in [0.2, 0.25) is 0 Å². The fourth-order valence-corrected chi connectivity index (χ4v) is 9.15.